The summed E-state index contributed by atoms with van der Waals surface area (Å²) in [4.78, 5) is 20.5. The van der Waals surface area contributed by atoms with Crippen LogP contribution in [0.2, 0.25) is 0 Å². The lowest BCUT2D eigenvalue weighted by Gasteiger charge is -2.21. The van der Waals surface area contributed by atoms with E-state index in [0.717, 1.165) is 36.9 Å². The Hall–Kier alpha value is -1.74. The van der Waals surface area contributed by atoms with E-state index in [4.69, 9.17) is 4.99 Å². The number of guanidine groups is 1. The highest BCUT2D eigenvalue weighted by atomic mass is 127. The molecule has 2 aromatic rings. The first-order valence-electron chi connectivity index (χ1n) is 10.8. The van der Waals surface area contributed by atoms with Gasteiger partial charge in [0.15, 0.2) is 5.96 Å². The number of likely N-dealkylation sites (tertiary alicyclic amines) is 1. The Balaban J connectivity index is 0.00000341. The van der Waals surface area contributed by atoms with Crippen LogP contribution in [0.1, 0.15) is 36.2 Å². The molecule has 168 valence electrons. The largest absolute Gasteiger partial charge is 0.357 e. The van der Waals surface area contributed by atoms with Crippen LogP contribution in [-0.4, -0.2) is 48.7 Å². The molecular weight excluding hydrogens is 519 g/mol. The molecule has 1 aliphatic heterocycles. The summed E-state index contributed by atoms with van der Waals surface area (Å²) in [5, 5.41) is 6.27. The molecule has 3 rings (SSSR count). The molecular formula is C24H33IN4OS. The van der Waals surface area contributed by atoms with Gasteiger partial charge in [-0.1, -0.05) is 30.3 Å². The van der Waals surface area contributed by atoms with Gasteiger partial charge < -0.3 is 15.5 Å². The van der Waals surface area contributed by atoms with Gasteiger partial charge in [0, 0.05) is 42.4 Å². The summed E-state index contributed by atoms with van der Waals surface area (Å²) < 4.78 is 0. The van der Waals surface area contributed by atoms with Crippen LogP contribution in [0, 0.1) is 5.92 Å². The van der Waals surface area contributed by atoms with Gasteiger partial charge >= 0.3 is 0 Å². The maximum atomic E-state index is 11.9. The van der Waals surface area contributed by atoms with Gasteiger partial charge in [0.05, 0.1) is 6.54 Å². The summed E-state index contributed by atoms with van der Waals surface area (Å²) in [6.07, 6.45) is 1.20. The molecule has 5 nitrogen and oxygen atoms in total. The lowest BCUT2D eigenvalue weighted by Crippen LogP contribution is -2.40. The van der Waals surface area contributed by atoms with Gasteiger partial charge in [-0.3, -0.25) is 4.79 Å². The predicted molar refractivity (Wildman–Crippen MR) is 142 cm³/mol. The van der Waals surface area contributed by atoms with Gasteiger partial charge in [0.1, 0.15) is 0 Å². The third-order valence-corrected chi connectivity index (χ3v) is 6.36. The van der Waals surface area contributed by atoms with Gasteiger partial charge in [-0.25, -0.2) is 4.99 Å². The second-order valence-electron chi connectivity index (χ2n) is 7.45. The van der Waals surface area contributed by atoms with Crippen molar-refractivity contribution < 1.29 is 4.79 Å². The third kappa shape index (κ3) is 8.03. The molecule has 1 amide bonds. The molecule has 2 aromatic carbocycles. The van der Waals surface area contributed by atoms with Crippen LogP contribution in [0.3, 0.4) is 0 Å². The number of hydrogen-bond donors (Lipinski definition) is 2. The van der Waals surface area contributed by atoms with Gasteiger partial charge in [-0.2, -0.15) is 0 Å². The zero-order valence-corrected chi connectivity index (χ0v) is 21.5. The first-order valence-corrected chi connectivity index (χ1v) is 11.8. The SMILES string of the molecule is CCNC(=O)c1ccc(CN=C(NCC)N2CCC(CSc3ccccc3)C2)cc1.I. The van der Waals surface area contributed by atoms with Gasteiger partial charge in [0.2, 0.25) is 0 Å². The molecule has 0 radical (unpaired) electrons. The predicted octanol–water partition coefficient (Wildman–Crippen LogP) is 4.63. The van der Waals surface area contributed by atoms with Crippen molar-refractivity contribution in [1.29, 1.82) is 0 Å². The molecule has 31 heavy (non-hydrogen) atoms. The Bertz CT molecular complexity index is 829. The highest BCUT2D eigenvalue weighted by molar-refractivity contribution is 14.0. The smallest absolute Gasteiger partial charge is 0.251 e. The van der Waals surface area contributed by atoms with Crippen molar-refractivity contribution >= 4 is 47.6 Å². The van der Waals surface area contributed by atoms with Crippen molar-refractivity contribution in [2.75, 3.05) is 31.9 Å². The number of nitrogens with one attached hydrogen (secondary N) is 2. The van der Waals surface area contributed by atoms with Crippen LogP contribution >= 0.6 is 35.7 Å². The number of halogens is 1. The highest BCUT2D eigenvalue weighted by Crippen LogP contribution is 2.26. The van der Waals surface area contributed by atoms with Crippen molar-refractivity contribution in [3.63, 3.8) is 0 Å². The van der Waals surface area contributed by atoms with Gasteiger partial charge in [-0.15, -0.1) is 35.7 Å². The number of benzene rings is 2. The number of nitrogens with zero attached hydrogens (tertiary/aromatic N) is 2. The fraction of sp³-hybridized carbons (Fsp3) is 0.417. The van der Waals surface area contributed by atoms with E-state index in [-0.39, 0.29) is 29.9 Å². The molecule has 0 spiro atoms. The Morgan fingerprint density at radius 2 is 1.77 bits per heavy atom. The molecule has 0 bridgehead atoms. The van der Waals surface area contributed by atoms with Crippen LogP contribution in [0.25, 0.3) is 0 Å². The maximum absolute atomic E-state index is 11.9. The lowest BCUT2D eigenvalue weighted by molar-refractivity contribution is 0.0956. The van der Waals surface area contributed by atoms with E-state index in [1.165, 1.54) is 11.3 Å². The van der Waals surface area contributed by atoms with Crippen LogP contribution in [0.5, 0.6) is 0 Å². The van der Waals surface area contributed by atoms with E-state index in [0.29, 0.717) is 24.6 Å². The van der Waals surface area contributed by atoms with Crippen molar-refractivity contribution in [3.05, 3.63) is 65.7 Å². The van der Waals surface area contributed by atoms with E-state index in [2.05, 4.69) is 52.8 Å². The van der Waals surface area contributed by atoms with E-state index in [1.807, 2.05) is 43.0 Å². The maximum Gasteiger partial charge on any atom is 0.251 e. The summed E-state index contributed by atoms with van der Waals surface area (Å²) in [6.45, 7) is 8.22. The molecule has 1 fully saturated rings. The Morgan fingerprint density at radius 3 is 2.45 bits per heavy atom. The minimum absolute atomic E-state index is 0. The van der Waals surface area contributed by atoms with Crippen LogP contribution in [0.4, 0.5) is 0 Å². The second kappa shape index (κ2) is 13.6. The van der Waals surface area contributed by atoms with Crippen LogP contribution < -0.4 is 10.6 Å². The number of amides is 1. The molecule has 7 heteroatoms. The average Bonchev–Trinajstić information content (AvgIpc) is 3.25. The highest BCUT2D eigenvalue weighted by Gasteiger charge is 2.24. The fourth-order valence-electron chi connectivity index (χ4n) is 3.51. The molecule has 0 aromatic heterocycles. The van der Waals surface area contributed by atoms with Crippen LogP contribution in [0.15, 0.2) is 64.5 Å². The Labute approximate surface area is 207 Å². The summed E-state index contributed by atoms with van der Waals surface area (Å²) in [7, 11) is 0. The van der Waals surface area contributed by atoms with Gasteiger partial charge in [-0.05, 0) is 56.0 Å². The monoisotopic (exact) mass is 552 g/mol. The van der Waals surface area contributed by atoms with Crippen molar-refractivity contribution in [3.8, 4) is 0 Å². The molecule has 1 aliphatic rings. The Morgan fingerprint density at radius 1 is 1.06 bits per heavy atom. The molecule has 0 saturated carbocycles. The Kier molecular flexibility index (Phi) is 11.2. The summed E-state index contributed by atoms with van der Waals surface area (Å²) in [6, 6.07) is 18.3. The number of rotatable bonds is 8. The van der Waals surface area contributed by atoms with E-state index >= 15 is 0 Å². The summed E-state index contributed by atoms with van der Waals surface area (Å²) in [5.41, 5.74) is 1.80. The number of hydrogen-bond acceptors (Lipinski definition) is 3. The number of carbonyl (C=O) groups excluding carboxylic acids is 1. The number of aliphatic imine (C=N–C) groups is 1. The molecule has 1 unspecified atom stereocenters. The fourth-order valence-corrected chi connectivity index (χ4v) is 4.56. The average molecular weight is 553 g/mol. The molecule has 0 aliphatic carbocycles. The summed E-state index contributed by atoms with van der Waals surface area (Å²) in [5.74, 6) is 2.77. The van der Waals surface area contributed by atoms with Crippen LogP contribution in [-0.2, 0) is 6.54 Å². The van der Waals surface area contributed by atoms with E-state index in [9.17, 15) is 4.79 Å². The van der Waals surface area contributed by atoms with Gasteiger partial charge in [0.25, 0.3) is 5.91 Å². The quantitative estimate of drug-likeness (QED) is 0.217. The molecule has 1 saturated heterocycles. The first-order chi connectivity index (χ1) is 14.7. The molecule has 2 N–H and O–H groups in total. The number of carbonyl (C=O) groups is 1. The standard InChI is InChI=1S/C24H32N4OS.HI/c1-3-25-23(29)21-12-10-19(11-13-21)16-27-24(26-4-2)28-15-14-20(17-28)18-30-22-8-6-5-7-9-22;/h5-13,20H,3-4,14-18H2,1-2H3,(H,25,29)(H,26,27);1H. The second-order valence-corrected chi connectivity index (χ2v) is 8.54. The topological polar surface area (TPSA) is 56.7 Å². The third-order valence-electron chi connectivity index (χ3n) is 5.11. The minimum Gasteiger partial charge on any atom is -0.357 e. The summed E-state index contributed by atoms with van der Waals surface area (Å²) >= 11 is 1.94. The normalized spacial score (nSPS) is 16.0. The van der Waals surface area contributed by atoms with Crippen molar-refractivity contribution in [2.24, 2.45) is 10.9 Å². The van der Waals surface area contributed by atoms with E-state index in [1.54, 1.807) is 0 Å². The zero-order chi connectivity index (χ0) is 21.2. The zero-order valence-electron chi connectivity index (χ0n) is 18.3. The molecule has 1 heterocycles. The van der Waals surface area contributed by atoms with Crippen molar-refractivity contribution in [2.45, 2.75) is 31.7 Å². The number of thioether (sulfide) groups is 1. The molecule has 1 atom stereocenters. The minimum atomic E-state index is -0.0302. The van der Waals surface area contributed by atoms with E-state index < -0.39 is 0 Å². The first kappa shape index (κ1) is 25.5. The lowest BCUT2D eigenvalue weighted by atomic mass is 10.1. The van der Waals surface area contributed by atoms with Crippen molar-refractivity contribution in [1.82, 2.24) is 15.5 Å².